The molecule has 0 aliphatic carbocycles. The summed E-state index contributed by atoms with van der Waals surface area (Å²) in [5.41, 5.74) is 0. The SMILES string of the molecule is CCCCOCCCS(=O)(=O)O.[Na]. The molecule has 0 fully saturated rings. The van der Waals surface area contributed by atoms with Crippen LogP contribution in [0.5, 0.6) is 0 Å². The molecule has 75 valence electrons. The smallest absolute Gasteiger partial charge is 0.264 e. The first-order valence-electron chi connectivity index (χ1n) is 4.09. The number of unbranched alkanes of at least 4 members (excludes halogenated alkanes) is 1. The molecule has 13 heavy (non-hydrogen) atoms. The Morgan fingerprint density at radius 2 is 1.77 bits per heavy atom. The molecule has 0 aliphatic heterocycles. The van der Waals surface area contributed by atoms with Crippen molar-refractivity contribution in [2.45, 2.75) is 26.2 Å². The maximum absolute atomic E-state index is 10.2. The van der Waals surface area contributed by atoms with Gasteiger partial charge in [-0.3, -0.25) is 4.55 Å². The summed E-state index contributed by atoms with van der Waals surface area (Å²) >= 11 is 0. The number of hydrogen-bond acceptors (Lipinski definition) is 3. The molecule has 0 aromatic carbocycles. The van der Waals surface area contributed by atoms with Gasteiger partial charge in [-0.15, -0.1) is 0 Å². The molecule has 0 unspecified atom stereocenters. The van der Waals surface area contributed by atoms with E-state index in [2.05, 4.69) is 6.92 Å². The quantitative estimate of drug-likeness (QED) is 0.389. The van der Waals surface area contributed by atoms with E-state index >= 15 is 0 Å². The Balaban J connectivity index is 0. The molecule has 0 rings (SSSR count). The third kappa shape index (κ3) is 15.6. The molecule has 6 heteroatoms. The monoisotopic (exact) mass is 219 g/mol. The van der Waals surface area contributed by atoms with Crippen molar-refractivity contribution in [2.24, 2.45) is 0 Å². The van der Waals surface area contributed by atoms with E-state index in [9.17, 15) is 8.42 Å². The normalized spacial score (nSPS) is 10.9. The van der Waals surface area contributed by atoms with Crippen molar-refractivity contribution in [3.05, 3.63) is 0 Å². The van der Waals surface area contributed by atoms with Crippen molar-refractivity contribution in [3.8, 4) is 0 Å². The summed E-state index contributed by atoms with van der Waals surface area (Å²) < 4.78 is 33.9. The molecule has 0 spiro atoms. The van der Waals surface area contributed by atoms with Gasteiger partial charge < -0.3 is 4.74 Å². The Labute approximate surface area is 102 Å². The van der Waals surface area contributed by atoms with Crippen LogP contribution in [0.1, 0.15) is 26.2 Å². The Bertz CT molecular complexity index is 191. The van der Waals surface area contributed by atoms with Crippen LogP contribution >= 0.6 is 0 Å². The summed E-state index contributed by atoms with van der Waals surface area (Å²) in [4.78, 5) is 0. The Hall–Kier alpha value is 0.870. The van der Waals surface area contributed by atoms with E-state index in [1.54, 1.807) is 0 Å². The molecule has 0 amide bonds. The average molecular weight is 219 g/mol. The second kappa shape index (κ2) is 9.43. The van der Waals surface area contributed by atoms with E-state index in [4.69, 9.17) is 9.29 Å². The van der Waals surface area contributed by atoms with Gasteiger partial charge in [0.05, 0.1) is 5.75 Å². The third-order valence-electron chi connectivity index (χ3n) is 1.33. The maximum Gasteiger partial charge on any atom is 0.264 e. The van der Waals surface area contributed by atoms with Gasteiger partial charge in [-0.1, -0.05) is 13.3 Å². The predicted molar refractivity (Wildman–Crippen MR) is 52.5 cm³/mol. The van der Waals surface area contributed by atoms with Crippen molar-refractivity contribution in [2.75, 3.05) is 19.0 Å². The molecule has 0 aromatic heterocycles. The van der Waals surface area contributed by atoms with E-state index in [-0.39, 0.29) is 35.3 Å². The molecule has 0 aromatic rings. The van der Waals surface area contributed by atoms with Crippen molar-refractivity contribution < 1.29 is 17.7 Å². The first-order valence-corrected chi connectivity index (χ1v) is 5.70. The fourth-order valence-electron chi connectivity index (χ4n) is 0.692. The van der Waals surface area contributed by atoms with Gasteiger partial charge in [0.25, 0.3) is 10.1 Å². The predicted octanol–water partition coefficient (Wildman–Crippen LogP) is 0.700. The zero-order valence-corrected chi connectivity index (χ0v) is 11.1. The average Bonchev–Trinajstić information content (AvgIpc) is 1.94. The second-order valence-corrected chi connectivity index (χ2v) is 4.18. The van der Waals surface area contributed by atoms with Crippen LogP contribution in [0.4, 0.5) is 0 Å². The molecule has 4 nitrogen and oxygen atoms in total. The third-order valence-corrected chi connectivity index (χ3v) is 2.14. The molecule has 0 heterocycles. The van der Waals surface area contributed by atoms with E-state index in [0.717, 1.165) is 12.8 Å². The Morgan fingerprint density at radius 1 is 1.23 bits per heavy atom. The van der Waals surface area contributed by atoms with Crippen molar-refractivity contribution in [3.63, 3.8) is 0 Å². The van der Waals surface area contributed by atoms with Crippen molar-refractivity contribution in [1.29, 1.82) is 0 Å². The molecule has 0 bridgehead atoms. The van der Waals surface area contributed by atoms with E-state index in [1.807, 2.05) is 0 Å². The van der Waals surface area contributed by atoms with Gasteiger partial charge >= 0.3 is 0 Å². The van der Waals surface area contributed by atoms with Gasteiger partial charge in [-0.2, -0.15) is 8.42 Å². The van der Waals surface area contributed by atoms with Gasteiger partial charge in [0.2, 0.25) is 0 Å². The van der Waals surface area contributed by atoms with Crippen LogP contribution in [0.3, 0.4) is 0 Å². The van der Waals surface area contributed by atoms with Gasteiger partial charge in [-0.05, 0) is 12.8 Å². The molecule has 1 radical (unpaired) electrons. The molecular formula is C7H16NaO4S. The topological polar surface area (TPSA) is 63.6 Å². The second-order valence-electron chi connectivity index (χ2n) is 2.61. The number of rotatable bonds is 7. The van der Waals surface area contributed by atoms with E-state index in [0.29, 0.717) is 19.6 Å². The fourth-order valence-corrected chi connectivity index (χ4v) is 1.17. The van der Waals surface area contributed by atoms with E-state index < -0.39 is 10.1 Å². The van der Waals surface area contributed by atoms with Crippen LogP contribution in [0.2, 0.25) is 0 Å². The molecular weight excluding hydrogens is 203 g/mol. The first-order chi connectivity index (χ1) is 5.56. The van der Waals surface area contributed by atoms with Crippen LogP contribution in [-0.4, -0.2) is 61.5 Å². The van der Waals surface area contributed by atoms with Crippen LogP contribution < -0.4 is 0 Å². The minimum atomic E-state index is -3.80. The summed E-state index contributed by atoms with van der Waals surface area (Å²) in [6, 6.07) is 0. The van der Waals surface area contributed by atoms with Crippen molar-refractivity contribution in [1.82, 2.24) is 0 Å². The standard InChI is InChI=1S/C7H16O4S.Na/c1-2-3-5-11-6-4-7-12(8,9)10;/h2-7H2,1H3,(H,8,9,10);. The maximum atomic E-state index is 10.2. The zero-order valence-electron chi connectivity index (χ0n) is 8.32. The van der Waals surface area contributed by atoms with Gasteiger partial charge in [0.15, 0.2) is 0 Å². The zero-order chi connectivity index (χ0) is 9.45. The van der Waals surface area contributed by atoms with Gasteiger partial charge in [0.1, 0.15) is 0 Å². The summed E-state index contributed by atoms with van der Waals surface area (Å²) in [6.07, 6.45) is 2.42. The number of hydrogen-bond donors (Lipinski definition) is 1. The minimum Gasteiger partial charge on any atom is -0.381 e. The molecule has 0 saturated heterocycles. The van der Waals surface area contributed by atoms with Crippen LogP contribution in [-0.2, 0) is 14.9 Å². The summed E-state index contributed by atoms with van der Waals surface area (Å²) in [5, 5.41) is 0. The fraction of sp³-hybridized carbons (Fsp3) is 1.00. The van der Waals surface area contributed by atoms with Crippen LogP contribution in [0, 0.1) is 0 Å². The summed E-state index contributed by atoms with van der Waals surface area (Å²) in [5.74, 6) is -0.209. The molecule has 0 aliphatic rings. The number of ether oxygens (including phenoxy) is 1. The minimum absolute atomic E-state index is 0. The molecule has 1 N–H and O–H groups in total. The summed E-state index contributed by atoms with van der Waals surface area (Å²) in [6.45, 7) is 3.13. The first kappa shape index (κ1) is 16.3. The van der Waals surface area contributed by atoms with E-state index in [1.165, 1.54) is 0 Å². The largest absolute Gasteiger partial charge is 0.381 e. The molecule has 0 atom stereocenters. The van der Waals surface area contributed by atoms with Gasteiger partial charge in [0, 0.05) is 42.8 Å². The van der Waals surface area contributed by atoms with Crippen LogP contribution in [0.15, 0.2) is 0 Å². The van der Waals surface area contributed by atoms with Gasteiger partial charge in [-0.25, -0.2) is 0 Å². The Kier molecular flexibility index (Phi) is 11.8. The van der Waals surface area contributed by atoms with Crippen LogP contribution in [0.25, 0.3) is 0 Å². The summed E-state index contributed by atoms with van der Waals surface area (Å²) in [7, 11) is -3.80. The van der Waals surface area contributed by atoms with Crippen molar-refractivity contribution >= 4 is 39.7 Å². The Morgan fingerprint density at radius 3 is 2.23 bits per heavy atom. The molecule has 0 saturated carbocycles.